The molecular weight excluding hydrogens is 466 g/mol. The first-order chi connectivity index (χ1) is 18.7. The van der Waals surface area contributed by atoms with Crippen molar-refractivity contribution in [3.63, 3.8) is 0 Å². The van der Waals surface area contributed by atoms with E-state index < -0.39 is 0 Å². The molecule has 4 nitrogen and oxygen atoms in total. The largest absolute Gasteiger partial charge is 0.508 e. The number of fused-ring (bicyclic) bond motifs is 3. The fraction of sp³-hybridized carbons (Fsp3) is 0.0294. The smallest absolute Gasteiger partial charge is 0.164 e. The number of hydrogen-bond acceptors (Lipinski definition) is 4. The molecule has 0 bridgehead atoms. The van der Waals surface area contributed by atoms with Crippen LogP contribution in [0.2, 0.25) is 0 Å². The standard InChI is InChI=1S/C34H23N3O/c38-28-18-16-22(17-19-28)25-14-15-26-20-27-12-7-13-29(31(27)30(26)21-25)34-36-32(23-8-3-1-4-9-23)35-33(37-34)24-10-5-2-6-11-24/h1-19,21,38H,20H2. The van der Waals surface area contributed by atoms with E-state index in [1.54, 1.807) is 12.1 Å². The van der Waals surface area contributed by atoms with Crippen LogP contribution in [0.15, 0.2) is 121 Å². The molecule has 6 aromatic rings. The van der Waals surface area contributed by atoms with Crippen LogP contribution in [0.4, 0.5) is 0 Å². The van der Waals surface area contributed by atoms with Crippen LogP contribution in [0.5, 0.6) is 5.75 Å². The summed E-state index contributed by atoms with van der Waals surface area (Å²) < 4.78 is 0. The van der Waals surface area contributed by atoms with Gasteiger partial charge in [0.1, 0.15) is 5.75 Å². The summed E-state index contributed by atoms with van der Waals surface area (Å²) in [6.07, 6.45) is 0.872. The quantitative estimate of drug-likeness (QED) is 0.274. The first kappa shape index (κ1) is 22.1. The number of rotatable bonds is 4. The van der Waals surface area contributed by atoms with Gasteiger partial charge >= 0.3 is 0 Å². The van der Waals surface area contributed by atoms with Gasteiger partial charge in [0.05, 0.1) is 0 Å². The molecule has 0 saturated heterocycles. The molecule has 0 radical (unpaired) electrons. The van der Waals surface area contributed by atoms with Gasteiger partial charge in [-0.05, 0) is 58.0 Å². The minimum Gasteiger partial charge on any atom is -0.508 e. The fourth-order valence-electron chi connectivity index (χ4n) is 5.18. The minimum absolute atomic E-state index is 0.265. The summed E-state index contributed by atoms with van der Waals surface area (Å²) in [5.41, 5.74) is 10.0. The summed E-state index contributed by atoms with van der Waals surface area (Å²) in [7, 11) is 0. The lowest BCUT2D eigenvalue weighted by molar-refractivity contribution is 0.475. The van der Waals surface area contributed by atoms with Gasteiger partial charge in [0.15, 0.2) is 17.5 Å². The number of phenols is 1. The van der Waals surface area contributed by atoms with Gasteiger partial charge in [-0.15, -0.1) is 0 Å². The van der Waals surface area contributed by atoms with E-state index in [4.69, 9.17) is 15.0 Å². The predicted octanol–water partition coefficient (Wildman–Crippen LogP) is 7.82. The number of benzene rings is 5. The van der Waals surface area contributed by atoms with Crippen molar-refractivity contribution in [2.45, 2.75) is 6.42 Å². The lowest BCUT2D eigenvalue weighted by Gasteiger charge is -2.13. The fourth-order valence-corrected chi connectivity index (χ4v) is 5.18. The van der Waals surface area contributed by atoms with E-state index in [1.165, 1.54) is 22.3 Å². The van der Waals surface area contributed by atoms with Crippen LogP contribution in [0.25, 0.3) is 56.4 Å². The Balaban J connectivity index is 1.42. The second-order valence-corrected chi connectivity index (χ2v) is 9.47. The Morgan fingerprint density at radius 3 is 1.71 bits per heavy atom. The third kappa shape index (κ3) is 3.93. The summed E-state index contributed by atoms with van der Waals surface area (Å²) in [5, 5.41) is 9.74. The van der Waals surface area contributed by atoms with Gasteiger partial charge in [0.2, 0.25) is 0 Å². The Labute approximate surface area is 221 Å². The molecule has 0 saturated carbocycles. The molecule has 180 valence electrons. The van der Waals surface area contributed by atoms with Crippen molar-refractivity contribution in [1.82, 2.24) is 15.0 Å². The summed E-state index contributed by atoms with van der Waals surface area (Å²) in [6.45, 7) is 0. The highest BCUT2D eigenvalue weighted by molar-refractivity contribution is 5.91. The van der Waals surface area contributed by atoms with Crippen LogP contribution in [-0.4, -0.2) is 20.1 Å². The minimum atomic E-state index is 0.265. The van der Waals surface area contributed by atoms with Crippen LogP contribution in [0.3, 0.4) is 0 Å². The summed E-state index contributed by atoms with van der Waals surface area (Å²) in [4.78, 5) is 14.8. The van der Waals surface area contributed by atoms with E-state index in [9.17, 15) is 5.11 Å². The van der Waals surface area contributed by atoms with E-state index in [1.807, 2.05) is 72.8 Å². The molecular formula is C34H23N3O. The Bertz CT molecular complexity index is 1720. The number of aromatic nitrogens is 3. The van der Waals surface area contributed by atoms with Gasteiger partial charge in [-0.25, -0.2) is 15.0 Å². The van der Waals surface area contributed by atoms with Gasteiger partial charge in [0.25, 0.3) is 0 Å². The molecule has 1 aliphatic carbocycles. The van der Waals surface area contributed by atoms with Crippen LogP contribution in [-0.2, 0) is 6.42 Å². The number of aromatic hydroxyl groups is 1. The highest BCUT2D eigenvalue weighted by Crippen LogP contribution is 2.44. The zero-order valence-electron chi connectivity index (χ0n) is 20.5. The molecule has 0 unspecified atom stereocenters. The van der Waals surface area contributed by atoms with Gasteiger partial charge in [-0.1, -0.05) is 103 Å². The van der Waals surface area contributed by atoms with E-state index in [0.29, 0.717) is 17.5 Å². The van der Waals surface area contributed by atoms with Crippen LogP contribution < -0.4 is 0 Å². The summed E-state index contributed by atoms with van der Waals surface area (Å²) in [5.74, 6) is 2.24. The number of hydrogen-bond donors (Lipinski definition) is 1. The molecule has 0 spiro atoms. The van der Waals surface area contributed by atoms with Gasteiger partial charge in [0, 0.05) is 16.7 Å². The van der Waals surface area contributed by atoms with Crippen molar-refractivity contribution < 1.29 is 5.11 Å². The Hall–Kier alpha value is -5.09. The summed E-state index contributed by atoms with van der Waals surface area (Å²) >= 11 is 0. The van der Waals surface area contributed by atoms with Crippen molar-refractivity contribution in [2.75, 3.05) is 0 Å². The highest BCUT2D eigenvalue weighted by Gasteiger charge is 2.24. The third-order valence-corrected chi connectivity index (χ3v) is 7.05. The van der Waals surface area contributed by atoms with Crippen molar-refractivity contribution in [1.29, 1.82) is 0 Å². The van der Waals surface area contributed by atoms with Crippen molar-refractivity contribution in [2.24, 2.45) is 0 Å². The van der Waals surface area contributed by atoms with Crippen molar-refractivity contribution >= 4 is 0 Å². The second kappa shape index (κ2) is 9.09. The van der Waals surface area contributed by atoms with E-state index >= 15 is 0 Å². The normalized spacial score (nSPS) is 11.7. The van der Waals surface area contributed by atoms with Gasteiger partial charge in [-0.2, -0.15) is 0 Å². The van der Waals surface area contributed by atoms with Crippen molar-refractivity contribution in [3.05, 3.63) is 132 Å². The maximum Gasteiger partial charge on any atom is 0.164 e. The molecule has 1 N–H and O–H groups in total. The molecule has 1 aromatic heterocycles. The molecule has 1 aliphatic rings. The van der Waals surface area contributed by atoms with Crippen LogP contribution in [0.1, 0.15) is 11.1 Å². The topological polar surface area (TPSA) is 58.9 Å². The molecule has 5 aromatic carbocycles. The Kier molecular flexibility index (Phi) is 5.30. The van der Waals surface area contributed by atoms with Gasteiger partial charge < -0.3 is 5.11 Å². The lowest BCUT2D eigenvalue weighted by atomic mass is 9.95. The monoisotopic (exact) mass is 489 g/mol. The molecule has 7 rings (SSSR count). The van der Waals surface area contributed by atoms with E-state index in [2.05, 4.69) is 36.4 Å². The van der Waals surface area contributed by atoms with Gasteiger partial charge in [-0.3, -0.25) is 0 Å². The maximum atomic E-state index is 9.74. The average Bonchev–Trinajstić information content (AvgIpc) is 3.36. The first-order valence-electron chi connectivity index (χ1n) is 12.6. The summed E-state index contributed by atoms with van der Waals surface area (Å²) in [6, 6.07) is 40.5. The Morgan fingerprint density at radius 2 is 1.05 bits per heavy atom. The van der Waals surface area contributed by atoms with Crippen LogP contribution in [0, 0.1) is 0 Å². The number of nitrogens with zero attached hydrogens (tertiary/aromatic N) is 3. The molecule has 0 fully saturated rings. The molecule has 0 atom stereocenters. The molecule has 1 heterocycles. The predicted molar refractivity (Wildman–Crippen MR) is 151 cm³/mol. The highest BCUT2D eigenvalue weighted by atomic mass is 16.3. The van der Waals surface area contributed by atoms with Crippen molar-refractivity contribution in [3.8, 4) is 62.2 Å². The maximum absolute atomic E-state index is 9.74. The molecule has 0 aliphatic heterocycles. The third-order valence-electron chi connectivity index (χ3n) is 7.05. The van der Waals surface area contributed by atoms with E-state index in [0.717, 1.165) is 34.2 Å². The second-order valence-electron chi connectivity index (χ2n) is 9.47. The average molecular weight is 490 g/mol. The number of phenolic OH excluding ortho intramolecular Hbond substituents is 1. The molecule has 38 heavy (non-hydrogen) atoms. The molecule has 4 heteroatoms. The lowest BCUT2D eigenvalue weighted by Crippen LogP contribution is -2.01. The molecule has 0 amide bonds. The first-order valence-corrected chi connectivity index (χ1v) is 12.6. The zero-order chi connectivity index (χ0) is 25.5. The SMILES string of the molecule is Oc1ccc(-c2ccc3c(c2)-c2c(cccc2-c2nc(-c4ccccc4)nc(-c4ccccc4)n2)C3)cc1. The Morgan fingerprint density at radius 1 is 0.447 bits per heavy atom. The van der Waals surface area contributed by atoms with E-state index in [-0.39, 0.29) is 5.75 Å². The van der Waals surface area contributed by atoms with Crippen LogP contribution >= 0.6 is 0 Å². The zero-order valence-corrected chi connectivity index (χ0v) is 20.5.